The van der Waals surface area contributed by atoms with Crippen LogP contribution in [-0.2, 0) is 4.79 Å². The van der Waals surface area contributed by atoms with Gasteiger partial charge in [-0.3, -0.25) is 4.79 Å². The van der Waals surface area contributed by atoms with Crippen LogP contribution >= 0.6 is 0 Å². The molecule has 0 bridgehead atoms. The summed E-state index contributed by atoms with van der Waals surface area (Å²) in [7, 11) is 0. The summed E-state index contributed by atoms with van der Waals surface area (Å²) in [4.78, 5) is 10.9. The van der Waals surface area contributed by atoms with Gasteiger partial charge in [0.1, 0.15) is 5.60 Å². The Kier molecular flexibility index (Phi) is 3.83. The molecule has 16 heavy (non-hydrogen) atoms. The number of carbonyl (C=O) groups is 1. The second-order valence-corrected chi connectivity index (χ2v) is 4.48. The maximum atomic E-state index is 10.9. The molecule has 0 aliphatic heterocycles. The number of rotatable bonds is 5. The van der Waals surface area contributed by atoms with Crippen LogP contribution in [0.1, 0.15) is 25.7 Å². The van der Waals surface area contributed by atoms with Gasteiger partial charge in [0, 0.05) is 6.42 Å². The molecule has 0 saturated carbocycles. The summed E-state index contributed by atoms with van der Waals surface area (Å²) < 4.78 is 0. The van der Waals surface area contributed by atoms with Gasteiger partial charge in [-0.2, -0.15) is 0 Å². The van der Waals surface area contributed by atoms with Crippen molar-refractivity contribution in [2.75, 3.05) is 0 Å². The van der Waals surface area contributed by atoms with Gasteiger partial charge in [0.05, 0.1) is 5.60 Å². The van der Waals surface area contributed by atoms with Gasteiger partial charge in [-0.1, -0.05) is 17.7 Å². The lowest BCUT2D eigenvalue weighted by molar-refractivity contribution is -0.127. The standard InChI is InChI=1S/C13H18O3/c1-3-5-11-7-12(15,6-4-2)9-13(16,8-11)10-14/h3-4,8,10,15-16H,1-2,5-7,9H2. The van der Waals surface area contributed by atoms with Gasteiger partial charge < -0.3 is 10.2 Å². The van der Waals surface area contributed by atoms with E-state index in [4.69, 9.17) is 0 Å². The third-order valence-electron chi connectivity index (χ3n) is 2.76. The van der Waals surface area contributed by atoms with E-state index in [1.54, 1.807) is 12.2 Å². The van der Waals surface area contributed by atoms with Crippen LogP contribution in [0.2, 0.25) is 0 Å². The van der Waals surface area contributed by atoms with Crippen molar-refractivity contribution in [3.63, 3.8) is 0 Å². The minimum Gasteiger partial charge on any atom is -0.389 e. The summed E-state index contributed by atoms with van der Waals surface area (Å²) in [5.41, 5.74) is -1.81. The van der Waals surface area contributed by atoms with Crippen LogP contribution in [0.5, 0.6) is 0 Å². The fraction of sp³-hybridized carbons (Fsp3) is 0.462. The van der Waals surface area contributed by atoms with Gasteiger partial charge in [-0.05, 0) is 25.3 Å². The summed E-state index contributed by atoms with van der Waals surface area (Å²) in [5.74, 6) is 0. The van der Waals surface area contributed by atoms with Crippen molar-refractivity contribution in [1.29, 1.82) is 0 Å². The van der Waals surface area contributed by atoms with E-state index in [0.717, 1.165) is 5.57 Å². The molecule has 0 amide bonds. The molecule has 3 nitrogen and oxygen atoms in total. The van der Waals surface area contributed by atoms with Gasteiger partial charge in [0.25, 0.3) is 0 Å². The monoisotopic (exact) mass is 222 g/mol. The van der Waals surface area contributed by atoms with Crippen molar-refractivity contribution in [2.45, 2.75) is 36.9 Å². The third kappa shape index (κ3) is 2.90. The molecule has 0 heterocycles. The molecular formula is C13H18O3. The Bertz CT molecular complexity index is 332. The molecule has 1 aliphatic carbocycles. The van der Waals surface area contributed by atoms with Crippen LogP contribution in [0.3, 0.4) is 0 Å². The maximum absolute atomic E-state index is 10.9. The van der Waals surface area contributed by atoms with Gasteiger partial charge in [0.15, 0.2) is 6.29 Å². The highest BCUT2D eigenvalue weighted by Crippen LogP contribution is 2.37. The average Bonchev–Trinajstić information content (AvgIpc) is 2.16. The zero-order valence-corrected chi connectivity index (χ0v) is 9.35. The molecule has 0 fully saturated rings. The number of allylic oxidation sites excluding steroid dienone is 1. The minimum atomic E-state index is -1.56. The van der Waals surface area contributed by atoms with E-state index in [2.05, 4.69) is 13.2 Å². The predicted octanol–water partition coefficient (Wildman–Crippen LogP) is 1.52. The molecule has 3 heteroatoms. The van der Waals surface area contributed by atoms with Crippen molar-refractivity contribution < 1.29 is 15.0 Å². The van der Waals surface area contributed by atoms with E-state index < -0.39 is 11.2 Å². The predicted molar refractivity (Wildman–Crippen MR) is 62.9 cm³/mol. The highest BCUT2D eigenvalue weighted by molar-refractivity contribution is 5.67. The van der Waals surface area contributed by atoms with E-state index >= 15 is 0 Å². The third-order valence-corrected chi connectivity index (χ3v) is 2.76. The smallest absolute Gasteiger partial charge is 0.155 e. The first kappa shape index (κ1) is 12.9. The number of aliphatic hydroxyl groups is 2. The molecular weight excluding hydrogens is 204 g/mol. The fourth-order valence-electron chi connectivity index (χ4n) is 2.27. The summed E-state index contributed by atoms with van der Waals surface area (Å²) in [5, 5.41) is 20.2. The van der Waals surface area contributed by atoms with Gasteiger partial charge in [0.2, 0.25) is 0 Å². The maximum Gasteiger partial charge on any atom is 0.155 e. The van der Waals surface area contributed by atoms with Gasteiger partial charge >= 0.3 is 0 Å². The Labute approximate surface area is 95.8 Å². The minimum absolute atomic E-state index is 0.0240. The molecule has 88 valence electrons. The van der Waals surface area contributed by atoms with Crippen molar-refractivity contribution in [3.8, 4) is 0 Å². The lowest BCUT2D eigenvalue weighted by Crippen LogP contribution is -2.45. The Morgan fingerprint density at radius 3 is 2.56 bits per heavy atom. The van der Waals surface area contributed by atoms with Crippen molar-refractivity contribution in [2.24, 2.45) is 0 Å². The van der Waals surface area contributed by atoms with Crippen LogP contribution in [0.4, 0.5) is 0 Å². The number of hydrogen-bond donors (Lipinski definition) is 2. The highest BCUT2D eigenvalue weighted by atomic mass is 16.3. The molecule has 0 spiro atoms. The van der Waals surface area contributed by atoms with Gasteiger partial charge in [-0.25, -0.2) is 0 Å². The molecule has 0 saturated heterocycles. The Hall–Kier alpha value is -1.19. The number of carbonyl (C=O) groups excluding carboxylic acids is 1. The normalized spacial score (nSPS) is 34.0. The first-order valence-corrected chi connectivity index (χ1v) is 5.30. The molecule has 2 unspecified atom stereocenters. The first-order chi connectivity index (χ1) is 7.47. The SMILES string of the molecule is C=CCC1=CC(O)(C=O)CC(O)(CC=C)C1. The van der Waals surface area contributed by atoms with Crippen molar-refractivity contribution >= 4 is 6.29 Å². The van der Waals surface area contributed by atoms with Crippen LogP contribution in [0.25, 0.3) is 0 Å². The second kappa shape index (κ2) is 4.76. The average molecular weight is 222 g/mol. The summed E-state index contributed by atoms with van der Waals surface area (Å²) in [6.45, 7) is 7.18. The first-order valence-electron chi connectivity index (χ1n) is 5.30. The largest absolute Gasteiger partial charge is 0.389 e. The molecule has 2 atom stereocenters. The molecule has 0 aromatic carbocycles. The van der Waals surface area contributed by atoms with E-state index in [9.17, 15) is 15.0 Å². The van der Waals surface area contributed by atoms with Crippen molar-refractivity contribution in [1.82, 2.24) is 0 Å². The Morgan fingerprint density at radius 2 is 2.06 bits per heavy atom. The number of hydrogen-bond acceptors (Lipinski definition) is 3. The van der Waals surface area contributed by atoms with Crippen LogP contribution in [-0.4, -0.2) is 27.7 Å². The molecule has 0 aromatic rings. The van der Waals surface area contributed by atoms with Crippen LogP contribution < -0.4 is 0 Å². The summed E-state index contributed by atoms with van der Waals surface area (Å²) >= 11 is 0. The fourth-order valence-corrected chi connectivity index (χ4v) is 2.27. The quantitative estimate of drug-likeness (QED) is 0.547. The Morgan fingerprint density at radius 1 is 1.38 bits per heavy atom. The summed E-state index contributed by atoms with van der Waals surface area (Å²) in [6.07, 6.45) is 6.69. The highest BCUT2D eigenvalue weighted by Gasteiger charge is 2.41. The molecule has 0 radical (unpaired) electrons. The second-order valence-electron chi connectivity index (χ2n) is 4.48. The topological polar surface area (TPSA) is 57.5 Å². The van der Waals surface area contributed by atoms with E-state index in [-0.39, 0.29) is 6.42 Å². The lowest BCUT2D eigenvalue weighted by atomic mass is 9.74. The van der Waals surface area contributed by atoms with E-state index in [0.29, 0.717) is 25.5 Å². The van der Waals surface area contributed by atoms with Gasteiger partial charge in [-0.15, -0.1) is 13.2 Å². The van der Waals surface area contributed by atoms with E-state index in [1.165, 1.54) is 6.08 Å². The van der Waals surface area contributed by atoms with Crippen LogP contribution in [0, 0.1) is 0 Å². The zero-order chi connectivity index (χ0) is 12.2. The molecule has 2 N–H and O–H groups in total. The van der Waals surface area contributed by atoms with Crippen LogP contribution in [0.15, 0.2) is 37.0 Å². The zero-order valence-electron chi connectivity index (χ0n) is 9.35. The molecule has 1 rings (SSSR count). The van der Waals surface area contributed by atoms with E-state index in [1.807, 2.05) is 0 Å². The number of aldehydes is 1. The Balaban J connectivity index is 2.99. The lowest BCUT2D eigenvalue weighted by Gasteiger charge is -2.38. The summed E-state index contributed by atoms with van der Waals surface area (Å²) in [6, 6.07) is 0. The van der Waals surface area contributed by atoms with Crippen molar-refractivity contribution in [3.05, 3.63) is 37.0 Å². The molecule has 1 aliphatic rings. The molecule has 0 aromatic heterocycles.